The van der Waals surface area contributed by atoms with Crippen molar-refractivity contribution in [1.29, 1.82) is 0 Å². The molecule has 1 heterocycles. The highest BCUT2D eigenvalue weighted by atomic mass is 16.3. The third kappa shape index (κ3) is 2.78. The number of rotatable bonds is 5. The molecule has 0 aliphatic rings. The second-order valence-corrected chi connectivity index (χ2v) is 4.48. The van der Waals surface area contributed by atoms with E-state index in [9.17, 15) is 0 Å². The van der Waals surface area contributed by atoms with Gasteiger partial charge in [-0.05, 0) is 24.5 Å². The molecule has 0 saturated heterocycles. The largest absolute Gasteiger partial charge is 0.394 e. The van der Waals surface area contributed by atoms with E-state index in [2.05, 4.69) is 30.1 Å². The van der Waals surface area contributed by atoms with Gasteiger partial charge in [-0.15, -0.1) is 0 Å². The van der Waals surface area contributed by atoms with Crippen molar-refractivity contribution in [3.8, 4) is 0 Å². The van der Waals surface area contributed by atoms with E-state index in [4.69, 9.17) is 10.8 Å². The van der Waals surface area contributed by atoms with Crippen molar-refractivity contribution in [2.75, 3.05) is 6.61 Å². The van der Waals surface area contributed by atoms with Crippen molar-refractivity contribution in [3.05, 3.63) is 53.6 Å². The lowest BCUT2D eigenvalue weighted by atomic mass is 10.1. The molecule has 1 atom stereocenters. The van der Waals surface area contributed by atoms with Crippen LogP contribution in [0.15, 0.2) is 36.8 Å². The van der Waals surface area contributed by atoms with E-state index >= 15 is 0 Å². The first-order valence-electron chi connectivity index (χ1n) is 6.13. The molecule has 4 heteroatoms. The summed E-state index contributed by atoms with van der Waals surface area (Å²) >= 11 is 0. The Balaban J connectivity index is 2.07. The Hall–Kier alpha value is -1.65. The molecule has 1 aromatic carbocycles. The van der Waals surface area contributed by atoms with Crippen LogP contribution in [0.4, 0.5) is 0 Å². The highest BCUT2D eigenvalue weighted by Crippen LogP contribution is 2.12. The fourth-order valence-electron chi connectivity index (χ4n) is 2.05. The summed E-state index contributed by atoms with van der Waals surface area (Å²) in [5.41, 5.74) is 9.33. The first-order valence-corrected chi connectivity index (χ1v) is 6.13. The quantitative estimate of drug-likeness (QED) is 0.837. The fourth-order valence-corrected chi connectivity index (χ4v) is 2.05. The first kappa shape index (κ1) is 12.8. The highest BCUT2D eigenvalue weighted by molar-refractivity contribution is 5.25. The molecule has 18 heavy (non-hydrogen) atoms. The summed E-state index contributed by atoms with van der Waals surface area (Å²) < 4.78 is 2.01. The number of aromatic nitrogens is 2. The second kappa shape index (κ2) is 5.80. The predicted molar refractivity (Wildman–Crippen MR) is 71.1 cm³/mol. The Labute approximate surface area is 107 Å². The molecule has 0 radical (unpaired) electrons. The van der Waals surface area contributed by atoms with E-state index in [0.717, 1.165) is 18.7 Å². The lowest BCUT2D eigenvalue weighted by Gasteiger charge is -2.13. The van der Waals surface area contributed by atoms with Crippen LogP contribution in [0.25, 0.3) is 0 Å². The zero-order chi connectivity index (χ0) is 13.0. The van der Waals surface area contributed by atoms with E-state index in [0.29, 0.717) is 0 Å². The van der Waals surface area contributed by atoms with Crippen LogP contribution in [-0.2, 0) is 13.0 Å². The average Bonchev–Trinajstić information content (AvgIpc) is 2.85. The predicted octanol–water partition coefficient (Wildman–Crippen LogP) is 1.43. The molecule has 4 nitrogen and oxygen atoms in total. The molecule has 0 spiro atoms. The van der Waals surface area contributed by atoms with Gasteiger partial charge in [-0.3, -0.25) is 0 Å². The molecule has 1 aromatic heterocycles. The third-order valence-corrected chi connectivity index (χ3v) is 3.20. The standard InChI is InChI=1S/C14H19N3O/c1-11-4-2-3-5-12(11)6-7-17-10-16-8-14(17)13(15)9-18/h2-5,8,10,13,18H,6-7,9,15H2,1H3. The number of hydrogen-bond acceptors (Lipinski definition) is 3. The lowest BCUT2D eigenvalue weighted by molar-refractivity contribution is 0.263. The molecule has 0 fully saturated rings. The average molecular weight is 245 g/mol. The van der Waals surface area contributed by atoms with Gasteiger partial charge in [-0.2, -0.15) is 0 Å². The van der Waals surface area contributed by atoms with Crippen LogP contribution in [0.5, 0.6) is 0 Å². The lowest BCUT2D eigenvalue weighted by Crippen LogP contribution is -2.19. The van der Waals surface area contributed by atoms with Gasteiger partial charge in [0, 0.05) is 12.7 Å². The topological polar surface area (TPSA) is 64.1 Å². The Kier molecular flexibility index (Phi) is 4.12. The summed E-state index contributed by atoms with van der Waals surface area (Å²) in [6.45, 7) is 2.88. The first-order chi connectivity index (χ1) is 8.72. The number of aryl methyl sites for hydroxylation is 3. The molecular weight excluding hydrogens is 226 g/mol. The Morgan fingerprint density at radius 2 is 2.17 bits per heavy atom. The maximum Gasteiger partial charge on any atom is 0.0948 e. The molecule has 0 aliphatic carbocycles. The van der Waals surface area contributed by atoms with E-state index in [-0.39, 0.29) is 12.6 Å². The Morgan fingerprint density at radius 1 is 1.39 bits per heavy atom. The van der Waals surface area contributed by atoms with Crippen molar-refractivity contribution in [1.82, 2.24) is 9.55 Å². The van der Waals surface area contributed by atoms with Gasteiger partial charge in [0.2, 0.25) is 0 Å². The third-order valence-electron chi connectivity index (χ3n) is 3.20. The molecule has 1 unspecified atom stereocenters. The number of aliphatic hydroxyl groups is 1. The van der Waals surface area contributed by atoms with Crippen LogP contribution in [0.2, 0.25) is 0 Å². The molecule has 2 rings (SSSR count). The summed E-state index contributed by atoms with van der Waals surface area (Å²) in [7, 11) is 0. The maximum atomic E-state index is 9.09. The van der Waals surface area contributed by atoms with Gasteiger partial charge in [-0.1, -0.05) is 24.3 Å². The van der Waals surface area contributed by atoms with Gasteiger partial charge >= 0.3 is 0 Å². The fraction of sp³-hybridized carbons (Fsp3) is 0.357. The molecule has 2 aromatic rings. The zero-order valence-corrected chi connectivity index (χ0v) is 10.6. The van der Waals surface area contributed by atoms with Crippen LogP contribution in [0.3, 0.4) is 0 Å². The van der Waals surface area contributed by atoms with Gasteiger partial charge in [0.1, 0.15) is 0 Å². The highest BCUT2D eigenvalue weighted by Gasteiger charge is 2.10. The molecule has 0 saturated carbocycles. The monoisotopic (exact) mass is 245 g/mol. The summed E-state index contributed by atoms with van der Waals surface area (Å²) in [5.74, 6) is 0. The molecule has 3 N–H and O–H groups in total. The maximum absolute atomic E-state index is 9.09. The van der Waals surface area contributed by atoms with Crippen molar-refractivity contribution in [3.63, 3.8) is 0 Å². The number of benzene rings is 1. The van der Waals surface area contributed by atoms with Gasteiger partial charge in [0.25, 0.3) is 0 Å². The SMILES string of the molecule is Cc1ccccc1CCn1cncc1C(N)CO. The van der Waals surface area contributed by atoms with E-state index in [1.807, 2.05) is 10.6 Å². The Morgan fingerprint density at radius 3 is 2.89 bits per heavy atom. The number of imidazole rings is 1. The minimum atomic E-state index is -0.357. The van der Waals surface area contributed by atoms with Crippen molar-refractivity contribution in [2.24, 2.45) is 5.73 Å². The smallest absolute Gasteiger partial charge is 0.0948 e. The minimum Gasteiger partial charge on any atom is -0.394 e. The molecule has 0 amide bonds. The van der Waals surface area contributed by atoms with E-state index in [1.165, 1.54) is 11.1 Å². The van der Waals surface area contributed by atoms with Gasteiger partial charge in [0.05, 0.1) is 24.7 Å². The summed E-state index contributed by atoms with van der Waals surface area (Å²) in [6, 6.07) is 7.99. The normalized spacial score (nSPS) is 12.6. The van der Waals surface area contributed by atoms with Crippen LogP contribution in [0.1, 0.15) is 22.9 Å². The minimum absolute atomic E-state index is 0.0595. The van der Waals surface area contributed by atoms with Crippen molar-refractivity contribution >= 4 is 0 Å². The van der Waals surface area contributed by atoms with Crippen molar-refractivity contribution < 1.29 is 5.11 Å². The summed E-state index contributed by atoms with van der Waals surface area (Å²) in [4.78, 5) is 4.10. The number of nitrogens with zero attached hydrogens (tertiary/aromatic N) is 2. The van der Waals surface area contributed by atoms with Gasteiger partial charge < -0.3 is 15.4 Å². The summed E-state index contributed by atoms with van der Waals surface area (Å²) in [6.07, 6.45) is 4.43. The van der Waals surface area contributed by atoms with Crippen molar-refractivity contribution in [2.45, 2.75) is 25.9 Å². The number of nitrogens with two attached hydrogens (primary N) is 1. The molecule has 0 bridgehead atoms. The van der Waals surface area contributed by atoms with Gasteiger partial charge in [-0.25, -0.2) is 4.98 Å². The number of aliphatic hydroxyl groups excluding tert-OH is 1. The summed E-state index contributed by atoms with van der Waals surface area (Å²) in [5, 5.41) is 9.09. The Bertz CT molecular complexity index is 507. The zero-order valence-electron chi connectivity index (χ0n) is 10.6. The van der Waals surface area contributed by atoms with Crippen LogP contribution >= 0.6 is 0 Å². The van der Waals surface area contributed by atoms with E-state index in [1.54, 1.807) is 12.5 Å². The molecule has 96 valence electrons. The van der Waals surface area contributed by atoms with E-state index < -0.39 is 0 Å². The van der Waals surface area contributed by atoms with Gasteiger partial charge in [0.15, 0.2) is 0 Å². The number of hydrogen-bond donors (Lipinski definition) is 2. The molecule has 0 aliphatic heterocycles. The van der Waals surface area contributed by atoms with Crippen LogP contribution in [0, 0.1) is 6.92 Å². The van der Waals surface area contributed by atoms with Crippen LogP contribution < -0.4 is 5.73 Å². The molecular formula is C14H19N3O. The second-order valence-electron chi connectivity index (χ2n) is 4.48. The van der Waals surface area contributed by atoms with Crippen LogP contribution in [-0.4, -0.2) is 21.3 Å².